The van der Waals surface area contributed by atoms with Crippen LogP contribution in [0, 0.1) is 23.7 Å². The lowest BCUT2D eigenvalue weighted by molar-refractivity contribution is 0.00127. The van der Waals surface area contributed by atoms with Crippen molar-refractivity contribution in [3.8, 4) is 0 Å². The van der Waals surface area contributed by atoms with Gasteiger partial charge in [0.1, 0.15) is 5.84 Å². The molecule has 0 radical (unpaired) electrons. The third kappa shape index (κ3) is 1.62. The molecule has 4 rings (SSSR count). The van der Waals surface area contributed by atoms with Crippen LogP contribution in [-0.4, -0.2) is 11.9 Å². The van der Waals surface area contributed by atoms with E-state index in [0.29, 0.717) is 11.9 Å². The SMILES string of the molecule is N/C=C\C(N)=NC1C2CC3CC(C2)CC1C3. The molecule has 16 heavy (non-hydrogen) atoms. The molecule has 0 aromatic carbocycles. The Morgan fingerprint density at radius 1 is 1.00 bits per heavy atom. The van der Waals surface area contributed by atoms with Crippen molar-refractivity contribution in [2.24, 2.45) is 40.1 Å². The lowest BCUT2D eigenvalue weighted by Crippen LogP contribution is -2.48. The van der Waals surface area contributed by atoms with Crippen LogP contribution in [-0.2, 0) is 0 Å². The van der Waals surface area contributed by atoms with E-state index in [9.17, 15) is 0 Å². The van der Waals surface area contributed by atoms with Gasteiger partial charge >= 0.3 is 0 Å². The van der Waals surface area contributed by atoms with Crippen LogP contribution in [0.2, 0.25) is 0 Å². The Kier molecular flexibility index (Phi) is 2.41. The van der Waals surface area contributed by atoms with E-state index >= 15 is 0 Å². The van der Waals surface area contributed by atoms with Crippen LogP contribution in [0.25, 0.3) is 0 Å². The zero-order chi connectivity index (χ0) is 11.1. The number of aliphatic imine (C=N–C) groups is 1. The number of hydrogen-bond acceptors (Lipinski definition) is 2. The molecular formula is C13H21N3. The molecule has 4 N–H and O–H groups in total. The van der Waals surface area contributed by atoms with Gasteiger partial charge in [-0.2, -0.15) is 0 Å². The van der Waals surface area contributed by atoms with Gasteiger partial charge in [0.05, 0.1) is 6.04 Å². The van der Waals surface area contributed by atoms with Gasteiger partial charge in [-0.15, -0.1) is 0 Å². The summed E-state index contributed by atoms with van der Waals surface area (Å²) in [5, 5.41) is 0. The first-order valence-electron chi connectivity index (χ1n) is 6.47. The molecule has 4 bridgehead atoms. The van der Waals surface area contributed by atoms with Crippen molar-refractivity contribution in [3.63, 3.8) is 0 Å². The summed E-state index contributed by atoms with van der Waals surface area (Å²) in [7, 11) is 0. The molecule has 4 aliphatic rings. The molecule has 3 heteroatoms. The molecule has 0 saturated heterocycles. The predicted octanol–water partition coefficient (Wildman–Crippen LogP) is 1.64. The molecule has 0 aromatic rings. The van der Waals surface area contributed by atoms with Crippen LogP contribution < -0.4 is 11.5 Å². The van der Waals surface area contributed by atoms with E-state index in [0.717, 1.165) is 23.7 Å². The van der Waals surface area contributed by atoms with E-state index in [1.54, 1.807) is 6.08 Å². The Morgan fingerprint density at radius 2 is 1.56 bits per heavy atom. The minimum Gasteiger partial charge on any atom is -0.404 e. The van der Waals surface area contributed by atoms with Crippen molar-refractivity contribution in [1.29, 1.82) is 0 Å². The van der Waals surface area contributed by atoms with E-state index in [4.69, 9.17) is 16.5 Å². The van der Waals surface area contributed by atoms with Crippen LogP contribution in [0.15, 0.2) is 17.3 Å². The van der Waals surface area contributed by atoms with E-state index in [1.165, 1.54) is 38.3 Å². The fourth-order valence-corrected chi connectivity index (χ4v) is 4.42. The van der Waals surface area contributed by atoms with Crippen LogP contribution in [0.1, 0.15) is 32.1 Å². The molecule has 0 aromatic heterocycles. The third-order valence-electron chi connectivity index (χ3n) is 4.74. The van der Waals surface area contributed by atoms with Crippen LogP contribution in [0.3, 0.4) is 0 Å². The van der Waals surface area contributed by atoms with Crippen molar-refractivity contribution in [2.45, 2.75) is 38.1 Å². The standard InChI is InChI=1S/C13H21N3/c14-2-1-12(15)16-13-10-4-8-3-9(6-10)7-11(13)5-8/h1-2,8-11,13H,3-7,14H2,(H2,15,16)/b2-1-. The molecule has 0 amide bonds. The van der Waals surface area contributed by atoms with Crippen molar-refractivity contribution in [1.82, 2.24) is 0 Å². The Balaban J connectivity index is 1.79. The smallest absolute Gasteiger partial charge is 0.119 e. The summed E-state index contributed by atoms with van der Waals surface area (Å²) in [6.07, 6.45) is 10.2. The summed E-state index contributed by atoms with van der Waals surface area (Å²) in [5.74, 6) is 4.22. The number of nitrogens with two attached hydrogens (primary N) is 2. The quantitative estimate of drug-likeness (QED) is 0.548. The highest BCUT2D eigenvalue weighted by Crippen LogP contribution is 2.54. The number of nitrogens with zero attached hydrogens (tertiary/aromatic N) is 1. The van der Waals surface area contributed by atoms with Crippen LogP contribution in [0.4, 0.5) is 0 Å². The molecule has 0 atom stereocenters. The second-order valence-electron chi connectivity index (χ2n) is 5.83. The van der Waals surface area contributed by atoms with Gasteiger partial charge in [-0.25, -0.2) is 0 Å². The molecule has 0 aliphatic heterocycles. The monoisotopic (exact) mass is 219 g/mol. The summed E-state index contributed by atoms with van der Waals surface area (Å²) >= 11 is 0. The summed E-state index contributed by atoms with van der Waals surface area (Å²) in [6, 6.07) is 0.490. The fourth-order valence-electron chi connectivity index (χ4n) is 4.42. The maximum Gasteiger partial charge on any atom is 0.119 e. The number of hydrogen-bond donors (Lipinski definition) is 2. The largest absolute Gasteiger partial charge is 0.404 e. The minimum atomic E-state index is 0.490. The van der Waals surface area contributed by atoms with Gasteiger partial charge in [-0.05, 0) is 68.1 Å². The first-order valence-corrected chi connectivity index (χ1v) is 6.47. The maximum absolute atomic E-state index is 5.85. The van der Waals surface area contributed by atoms with E-state index in [-0.39, 0.29) is 0 Å². The fraction of sp³-hybridized carbons (Fsp3) is 0.769. The molecule has 3 nitrogen and oxygen atoms in total. The van der Waals surface area contributed by atoms with Crippen molar-refractivity contribution < 1.29 is 0 Å². The highest BCUT2D eigenvalue weighted by atomic mass is 14.9. The first kappa shape index (κ1) is 10.2. The third-order valence-corrected chi connectivity index (χ3v) is 4.74. The summed E-state index contributed by atoms with van der Waals surface area (Å²) < 4.78 is 0. The summed E-state index contributed by atoms with van der Waals surface area (Å²) in [4.78, 5) is 4.69. The van der Waals surface area contributed by atoms with Gasteiger partial charge in [-0.1, -0.05) is 0 Å². The average molecular weight is 219 g/mol. The van der Waals surface area contributed by atoms with E-state index in [2.05, 4.69) is 0 Å². The Hall–Kier alpha value is -0.990. The molecule has 4 saturated carbocycles. The van der Waals surface area contributed by atoms with E-state index in [1.807, 2.05) is 0 Å². The van der Waals surface area contributed by atoms with E-state index < -0.39 is 0 Å². The zero-order valence-electron chi connectivity index (χ0n) is 9.68. The zero-order valence-corrected chi connectivity index (χ0v) is 9.68. The lowest BCUT2D eigenvalue weighted by Gasteiger charge is -2.53. The highest BCUT2D eigenvalue weighted by Gasteiger charge is 2.48. The topological polar surface area (TPSA) is 64.4 Å². The molecule has 0 spiro atoms. The number of rotatable bonds is 2. The predicted molar refractivity (Wildman–Crippen MR) is 65.8 cm³/mol. The summed E-state index contributed by atoms with van der Waals surface area (Å²) in [6.45, 7) is 0. The molecule has 0 unspecified atom stereocenters. The highest BCUT2D eigenvalue weighted by molar-refractivity contribution is 5.91. The summed E-state index contributed by atoms with van der Waals surface area (Å²) in [5.41, 5.74) is 11.2. The van der Waals surface area contributed by atoms with Crippen molar-refractivity contribution >= 4 is 5.84 Å². The Morgan fingerprint density at radius 3 is 2.06 bits per heavy atom. The second kappa shape index (κ2) is 3.79. The van der Waals surface area contributed by atoms with Crippen molar-refractivity contribution in [3.05, 3.63) is 12.3 Å². The maximum atomic E-state index is 5.85. The Bertz CT molecular complexity index is 304. The van der Waals surface area contributed by atoms with Crippen LogP contribution >= 0.6 is 0 Å². The normalized spacial score (nSPS) is 46.8. The molecule has 4 fully saturated rings. The molecule has 88 valence electrons. The number of amidine groups is 1. The van der Waals surface area contributed by atoms with Gasteiger partial charge in [0.15, 0.2) is 0 Å². The minimum absolute atomic E-state index is 0.490. The Labute approximate surface area is 97.0 Å². The van der Waals surface area contributed by atoms with Gasteiger partial charge in [0.25, 0.3) is 0 Å². The van der Waals surface area contributed by atoms with Gasteiger partial charge < -0.3 is 11.5 Å². The van der Waals surface area contributed by atoms with Gasteiger partial charge in [0, 0.05) is 0 Å². The molecule has 0 heterocycles. The second-order valence-corrected chi connectivity index (χ2v) is 5.83. The van der Waals surface area contributed by atoms with Gasteiger partial charge in [-0.3, -0.25) is 4.99 Å². The van der Waals surface area contributed by atoms with Crippen LogP contribution in [0.5, 0.6) is 0 Å². The lowest BCUT2D eigenvalue weighted by atomic mass is 9.54. The first-order chi connectivity index (χ1) is 7.76. The van der Waals surface area contributed by atoms with Gasteiger partial charge in [0.2, 0.25) is 0 Å². The average Bonchev–Trinajstić information content (AvgIpc) is 2.23. The molecular weight excluding hydrogens is 198 g/mol. The molecule has 4 aliphatic carbocycles. The van der Waals surface area contributed by atoms with Crippen molar-refractivity contribution in [2.75, 3.05) is 0 Å².